The van der Waals surface area contributed by atoms with E-state index < -0.39 is 5.97 Å². The Balaban J connectivity index is 2.00. The van der Waals surface area contributed by atoms with Crippen LogP contribution in [0.1, 0.15) is 16.2 Å². The largest absolute Gasteiger partial charge is 0.480 e. The average molecular weight is 248 g/mol. The molecule has 2 aromatic heterocycles. The minimum Gasteiger partial charge on any atom is -0.480 e. The van der Waals surface area contributed by atoms with Gasteiger partial charge in [-0.25, -0.2) is 0 Å². The van der Waals surface area contributed by atoms with E-state index in [0.717, 1.165) is 0 Å². The Morgan fingerprint density at radius 2 is 2.17 bits per heavy atom. The Hall–Kier alpha value is -2.50. The van der Waals surface area contributed by atoms with Crippen molar-refractivity contribution in [2.24, 2.45) is 0 Å². The SMILES string of the molecule is O=C(O)Cn1cccc1C(=O)NCc1ccco1. The van der Waals surface area contributed by atoms with Gasteiger partial charge in [-0.05, 0) is 24.3 Å². The molecule has 6 heteroatoms. The summed E-state index contributed by atoms with van der Waals surface area (Å²) in [7, 11) is 0. The van der Waals surface area contributed by atoms with E-state index in [1.807, 2.05) is 0 Å². The molecule has 0 aromatic carbocycles. The van der Waals surface area contributed by atoms with E-state index in [1.54, 1.807) is 30.5 Å². The summed E-state index contributed by atoms with van der Waals surface area (Å²) in [6.07, 6.45) is 3.07. The van der Waals surface area contributed by atoms with E-state index in [-0.39, 0.29) is 19.0 Å². The predicted molar refractivity (Wildman–Crippen MR) is 61.9 cm³/mol. The van der Waals surface area contributed by atoms with Gasteiger partial charge in [0.15, 0.2) is 0 Å². The van der Waals surface area contributed by atoms with Crippen LogP contribution in [0.5, 0.6) is 0 Å². The van der Waals surface area contributed by atoms with Gasteiger partial charge in [0.25, 0.3) is 5.91 Å². The maximum absolute atomic E-state index is 11.8. The van der Waals surface area contributed by atoms with Crippen molar-refractivity contribution in [3.05, 3.63) is 48.2 Å². The van der Waals surface area contributed by atoms with Crippen molar-refractivity contribution in [1.82, 2.24) is 9.88 Å². The first-order chi connectivity index (χ1) is 8.66. The molecule has 1 amide bonds. The fourth-order valence-corrected chi connectivity index (χ4v) is 1.57. The fraction of sp³-hybridized carbons (Fsp3) is 0.167. The molecule has 0 unspecified atom stereocenters. The molecule has 0 radical (unpaired) electrons. The number of aromatic nitrogens is 1. The van der Waals surface area contributed by atoms with Gasteiger partial charge in [-0.2, -0.15) is 0 Å². The molecule has 2 rings (SSSR count). The van der Waals surface area contributed by atoms with Crippen LogP contribution in [0.15, 0.2) is 41.1 Å². The molecule has 0 spiro atoms. The number of hydrogen-bond acceptors (Lipinski definition) is 3. The van der Waals surface area contributed by atoms with Crippen molar-refractivity contribution < 1.29 is 19.1 Å². The van der Waals surface area contributed by atoms with E-state index in [2.05, 4.69) is 5.32 Å². The number of carboxylic acid groups (broad SMARTS) is 1. The van der Waals surface area contributed by atoms with E-state index in [9.17, 15) is 9.59 Å². The Bertz CT molecular complexity index is 542. The van der Waals surface area contributed by atoms with Crippen molar-refractivity contribution >= 4 is 11.9 Å². The lowest BCUT2D eigenvalue weighted by molar-refractivity contribution is -0.137. The van der Waals surface area contributed by atoms with Crippen LogP contribution in [0, 0.1) is 0 Å². The summed E-state index contributed by atoms with van der Waals surface area (Å²) in [5, 5.41) is 11.4. The monoisotopic (exact) mass is 248 g/mol. The minimum absolute atomic E-state index is 0.240. The van der Waals surface area contributed by atoms with E-state index >= 15 is 0 Å². The Morgan fingerprint density at radius 3 is 2.83 bits per heavy atom. The van der Waals surface area contributed by atoms with Crippen LogP contribution in [0.2, 0.25) is 0 Å². The lowest BCUT2D eigenvalue weighted by Crippen LogP contribution is -2.26. The highest BCUT2D eigenvalue weighted by atomic mass is 16.4. The number of aliphatic carboxylic acids is 1. The second-order valence-electron chi connectivity index (χ2n) is 3.68. The highest BCUT2D eigenvalue weighted by molar-refractivity contribution is 5.93. The number of carbonyl (C=O) groups is 2. The number of amides is 1. The molecule has 0 aliphatic rings. The minimum atomic E-state index is -0.994. The number of nitrogens with zero attached hydrogens (tertiary/aromatic N) is 1. The molecule has 2 aromatic rings. The molecular formula is C12H12N2O4. The van der Waals surface area contributed by atoms with Gasteiger partial charge in [0.2, 0.25) is 0 Å². The van der Waals surface area contributed by atoms with Gasteiger partial charge in [-0.3, -0.25) is 9.59 Å². The molecule has 2 N–H and O–H groups in total. The second kappa shape index (κ2) is 5.22. The van der Waals surface area contributed by atoms with Crippen molar-refractivity contribution in [3.8, 4) is 0 Å². The quantitative estimate of drug-likeness (QED) is 0.829. The van der Waals surface area contributed by atoms with E-state index in [4.69, 9.17) is 9.52 Å². The van der Waals surface area contributed by atoms with Gasteiger partial charge in [0, 0.05) is 6.20 Å². The normalized spacial score (nSPS) is 10.2. The zero-order chi connectivity index (χ0) is 13.0. The van der Waals surface area contributed by atoms with Crippen molar-refractivity contribution in [2.45, 2.75) is 13.1 Å². The Labute approximate surface area is 103 Å². The first-order valence-electron chi connectivity index (χ1n) is 5.34. The standard InChI is InChI=1S/C12H12N2O4/c15-11(16)8-14-5-1-4-10(14)12(17)13-7-9-3-2-6-18-9/h1-6H,7-8H2,(H,13,17)(H,15,16). The molecule has 0 bridgehead atoms. The number of rotatable bonds is 5. The molecule has 6 nitrogen and oxygen atoms in total. The van der Waals surface area contributed by atoms with Crippen LogP contribution in [0.25, 0.3) is 0 Å². The van der Waals surface area contributed by atoms with Crippen molar-refractivity contribution in [3.63, 3.8) is 0 Å². The number of furan rings is 1. The molecule has 0 atom stereocenters. The highest BCUT2D eigenvalue weighted by Gasteiger charge is 2.12. The van der Waals surface area contributed by atoms with Crippen LogP contribution in [-0.4, -0.2) is 21.6 Å². The van der Waals surface area contributed by atoms with Gasteiger partial charge < -0.3 is 19.4 Å². The van der Waals surface area contributed by atoms with Gasteiger partial charge in [-0.1, -0.05) is 0 Å². The lowest BCUT2D eigenvalue weighted by Gasteiger charge is -2.06. The van der Waals surface area contributed by atoms with Crippen LogP contribution in [-0.2, 0) is 17.9 Å². The molecule has 0 aliphatic heterocycles. The zero-order valence-corrected chi connectivity index (χ0v) is 9.50. The molecule has 0 saturated heterocycles. The summed E-state index contributed by atoms with van der Waals surface area (Å²) in [4.78, 5) is 22.5. The molecule has 2 heterocycles. The maximum atomic E-state index is 11.8. The molecule has 0 fully saturated rings. The lowest BCUT2D eigenvalue weighted by atomic mass is 10.3. The molecule has 18 heavy (non-hydrogen) atoms. The van der Waals surface area contributed by atoms with Gasteiger partial charge >= 0.3 is 5.97 Å². The molecular weight excluding hydrogens is 236 g/mol. The van der Waals surface area contributed by atoms with Gasteiger partial charge in [0.05, 0.1) is 12.8 Å². The highest BCUT2D eigenvalue weighted by Crippen LogP contribution is 2.04. The van der Waals surface area contributed by atoms with E-state index in [0.29, 0.717) is 11.5 Å². The summed E-state index contributed by atoms with van der Waals surface area (Å²) in [5.74, 6) is -0.691. The first-order valence-corrected chi connectivity index (χ1v) is 5.34. The smallest absolute Gasteiger partial charge is 0.323 e. The summed E-state index contributed by atoms with van der Waals surface area (Å²) in [5.41, 5.74) is 0.309. The maximum Gasteiger partial charge on any atom is 0.323 e. The third-order valence-corrected chi connectivity index (χ3v) is 2.37. The molecule has 94 valence electrons. The topological polar surface area (TPSA) is 84.5 Å². The molecule has 0 saturated carbocycles. The Kier molecular flexibility index (Phi) is 3.47. The Morgan fingerprint density at radius 1 is 1.33 bits per heavy atom. The van der Waals surface area contributed by atoms with Gasteiger partial charge in [-0.15, -0.1) is 0 Å². The zero-order valence-electron chi connectivity index (χ0n) is 9.50. The number of carbonyl (C=O) groups excluding carboxylic acids is 1. The second-order valence-corrected chi connectivity index (χ2v) is 3.68. The van der Waals surface area contributed by atoms with Crippen LogP contribution < -0.4 is 5.32 Å². The van der Waals surface area contributed by atoms with Crippen molar-refractivity contribution in [2.75, 3.05) is 0 Å². The molecule has 0 aliphatic carbocycles. The average Bonchev–Trinajstić information content (AvgIpc) is 2.95. The fourth-order valence-electron chi connectivity index (χ4n) is 1.57. The predicted octanol–water partition coefficient (Wildman–Crippen LogP) is 1.10. The summed E-state index contributed by atoms with van der Waals surface area (Å²) in [6.45, 7) is 0.0284. The number of carboxylic acids is 1. The number of hydrogen-bond donors (Lipinski definition) is 2. The van der Waals surface area contributed by atoms with Crippen LogP contribution in [0.4, 0.5) is 0 Å². The first kappa shape index (κ1) is 12.0. The third kappa shape index (κ3) is 2.79. The summed E-state index contributed by atoms with van der Waals surface area (Å²) in [6, 6.07) is 6.68. The van der Waals surface area contributed by atoms with E-state index in [1.165, 1.54) is 10.8 Å². The van der Waals surface area contributed by atoms with Gasteiger partial charge in [0.1, 0.15) is 18.0 Å². The summed E-state index contributed by atoms with van der Waals surface area (Å²) < 4.78 is 6.46. The summed E-state index contributed by atoms with van der Waals surface area (Å²) >= 11 is 0. The van der Waals surface area contributed by atoms with Crippen LogP contribution in [0.3, 0.4) is 0 Å². The van der Waals surface area contributed by atoms with Crippen LogP contribution >= 0.6 is 0 Å². The third-order valence-electron chi connectivity index (χ3n) is 2.37. The van der Waals surface area contributed by atoms with Crippen molar-refractivity contribution in [1.29, 1.82) is 0 Å². The number of nitrogens with one attached hydrogen (secondary N) is 1.